The molecule has 0 unspecified atom stereocenters. The highest BCUT2D eigenvalue weighted by Crippen LogP contribution is 2.44. The molecule has 156 valence electrons. The number of nitrogens with zero attached hydrogens (tertiary/aromatic N) is 1. The van der Waals surface area contributed by atoms with Crippen LogP contribution in [0, 0.1) is 0 Å². The molecule has 4 aromatic rings. The van der Waals surface area contributed by atoms with Gasteiger partial charge in [0, 0.05) is 5.69 Å². The van der Waals surface area contributed by atoms with Gasteiger partial charge < -0.3 is 19.4 Å². The van der Waals surface area contributed by atoms with Crippen LogP contribution in [-0.4, -0.2) is 33.1 Å². The molecule has 2 N–H and O–H groups in total. The maximum Gasteiger partial charge on any atom is 0.338 e. The first-order chi connectivity index (χ1) is 15.0. The van der Waals surface area contributed by atoms with Gasteiger partial charge in [0.25, 0.3) is 0 Å². The zero-order chi connectivity index (χ0) is 22.0. The highest BCUT2D eigenvalue weighted by molar-refractivity contribution is 6.13. The zero-order valence-electron chi connectivity index (χ0n) is 16.6. The minimum atomic E-state index is -0.571. The quantitative estimate of drug-likeness (QED) is 0.352. The third kappa shape index (κ3) is 3.57. The van der Waals surface area contributed by atoms with E-state index in [4.69, 9.17) is 9.15 Å². The van der Waals surface area contributed by atoms with Crippen LogP contribution in [0.25, 0.3) is 16.9 Å². The Balaban J connectivity index is 1.92. The van der Waals surface area contributed by atoms with Crippen molar-refractivity contribution in [1.29, 1.82) is 0 Å². The van der Waals surface area contributed by atoms with E-state index in [0.717, 1.165) is 0 Å². The van der Waals surface area contributed by atoms with Crippen LogP contribution in [0.5, 0.6) is 11.6 Å². The number of furan rings is 1. The van der Waals surface area contributed by atoms with Crippen LogP contribution >= 0.6 is 0 Å². The van der Waals surface area contributed by atoms with Gasteiger partial charge in [-0.05, 0) is 48.9 Å². The fourth-order valence-electron chi connectivity index (χ4n) is 3.38. The number of aromatic hydroxyl groups is 2. The predicted octanol–water partition coefficient (Wildman–Crippen LogP) is 4.56. The van der Waals surface area contributed by atoms with Gasteiger partial charge >= 0.3 is 5.97 Å². The highest BCUT2D eigenvalue weighted by atomic mass is 16.5. The van der Waals surface area contributed by atoms with Gasteiger partial charge in [0.05, 0.1) is 29.7 Å². The van der Waals surface area contributed by atoms with Gasteiger partial charge in [-0.25, -0.2) is 4.79 Å². The molecule has 7 heteroatoms. The normalized spacial score (nSPS) is 10.7. The number of rotatable bonds is 6. The number of benzene rings is 2. The summed E-state index contributed by atoms with van der Waals surface area (Å²) in [6.07, 6.45) is 1.36. The minimum Gasteiger partial charge on any atom is -0.503 e. The lowest BCUT2D eigenvalue weighted by molar-refractivity contribution is 0.0526. The van der Waals surface area contributed by atoms with Crippen molar-refractivity contribution in [2.24, 2.45) is 0 Å². The molecule has 0 saturated heterocycles. The predicted molar refractivity (Wildman–Crippen MR) is 113 cm³/mol. The summed E-state index contributed by atoms with van der Waals surface area (Å²) in [6.45, 7) is 1.97. The summed E-state index contributed by atoms with van der Waals surface area (Å²) < 4.78 is 11.6. The second kappa shape index (κ2) is 8.23. The van der Waals surface area contributed by atoms with Crippen LogP contribution < -0.4 is 0 Å². The molecule has 31 heavy (non-hydrogen) atoms. The molecule has 0 saturated carbocycles. The van der Waals surface area contributed by atoms with Crippen LogP contribution in [0.2, 0.25) is 0 Å². The summed E-state index contributed by atoms with van der Waals surface area (Å²) in [7, 11) is 0. The number of carbonyl (C=O) groups excluding carboxylic acids is 2. The number of carbonyl (C=O) groups is 2. The SMILES string of the molecule is CCOC(=O)c1ccc(-n2c(O)c(O)c(C(=O)c3ccco3)c2-c2ccccc2)cc1. The molecule has 0 fully saturated rings. The molecule has 0 spiro atoms. The first kappa shape index (κ1) is 20.0. The molecular formula is C24H19NO6. The number of ketones is 1. The fourth-order valence-corrected chi connectivity index (χ4v) is 3.38. The summed E-state index contributed by atoms with van der Waals surface area (Å²) >= 11 is 0. The fraction of sp³-hybridized carbons (Fsp3) is 0.0833. The average Bonchev–Trinajstić information content (AvgIpc) is 3.42. The Labute approximate surface area is 177 Å². The Morgan fingerprint density at radius 2 is 1.68 bits per heavy atom. The lowest BCUT2D eigenvalue weighted by Crippen LogP contribution is -2.06. The number of esters is 1. The summed E-state index contributed by atoms with van der Waals surface area (Å²) in [5.74, 6) is -2.07. The Kier molecular flexibility index (Phi) is 5.32. The van der Waals surface area contributed by atoms with E-state index in [9.17, 15) is 19.8 Å². The number of aromatic nitrogens is 1. The standard InChI is InChI=1S/C24H19NO6/c1-2-30-24(29)16-10-12-17(13-11-16)25-20(15-7-4-3-5-8-15)19(22(27)23(25)28)21(26)18-9-6-14-31-18/h3-14,27-28H,2H2,1H3. The van der Waals surface area contributed by atoms with Crippen molar-refractivity contribution in [2.75, 3.05) is 6.61 Å². The molecule has 0 radical (unpaired) electrons. The molecule has 4 rings (SSSR count). The van der Waals surface area contributed by atoms with Crippen LogP contribution in [0.1, 0.15) is 33.4 Å². The van der Waals surface area contributed by atoms with Gasteiger partial charge in [-0.1, -0.05) is 30.3 Å². The Morgan fingerprint density at radius 3 is 2.29 bits per heavy atom. The molecule has 0 amide bonds. The van der Waals surface area contributed by atoms with E-state index in [1.807, 2.05) is 6.07 Å². The molecular weight excluding hydrogens is 398 g/mol. The van der Waals surface area contributed by atoms with E-state index in [-0.39, 0.29) is 17.9 Å². The van der Waals surface area contributed by atoms with Crippen LogP contribution in [0.4, 0.5) is 0 Å². The van der Waals surface area contributed by atoms with E-state index < -0.39 is 23.4 Å². The van der Waals surface area contributed by atoms with Gasteiger partial charge in [-0.2, -0.15) is 0 Å². The lowest BCUT2D eigenvalue weighted by Gasteiger charge is -2.12. The second-order valence-electron chi connectivity index (χ2n) is 6.67. The molecule has 0 atom stereocenters. The first-order valence-electron chi connectivity index (χ1n) is 9.60. The molecule has 0 aliphatic heterocycles. The number of ether oxygens (including phenoxy) is 1. The molecule has 2 aromatic carbocycles. The molecule has 7 nitrogen and oxygen atoms in total. The third-order valence-corrected chi connectivity index (χ3v) is 4.78. The lowest BCUT2D eigenvalue weighted by atomic mass is 10.0. The van der Waals surface area contributed by atoms with E-state index in [1.165, 1.54) is 16.9 Å². The monoisotopic (exact) mass is 417 g/mol. The third-order valence-electron chi connectivity index (χ3n) is 4.78. The number of hydrogen-bond donors (Lipinski definition) is 2. The molecule has 0 aliphatic rings. The van der Waals surface area contributed by atoms with E-state index in [0.29, 0.717) is 22.5 Å². The Bertz CT molecular complexity index is 1220. The smallest absolute Gasteiger partial charge is 0.338 e. The summed E-state index contributed by atoms with van der Waals surface area (Å²) in [4.78, 5) is 25.0. The van der Waals surface area contributed by atoms with E-state index in [2.05, 4.69) is 0 Å². The van der Waals surface area contributed by atoms with E-state index in [1.54, 1.807) is 61.5 Å². The van der Waals surface area contributed by atoms with Crippen molar-refractivity contribution in [3.8, 4) is 28.6 Å². The van der Waals surface area contributed by atoms with Crippen LogP contribution in [0.15, 0.2) is 77.4 Å². The van der Waals surface area contributed by atoms with E-state index >= 15 is 0 Å². The largest absolute Gasteiger partial charge is 0.503 e. The first-order valence-corrected chi connectivity index (χ1v) is 9.60. The second-order valence-corrected chi connectivity index (χ2v) is 6.67. The molecule has 0 aliphatic carbocycles. The summed E-state index contributed by atoms with van der Waals surface area (Å²) in [5.41, 5.74) is 1.59. The van der Waals surface area contributed by atoms with Crippen molar-refractivity contribution in [2.45, 2.75) is 6.92 Å². The highest BCUT2D eigenvalue weighted by Gasteiger charge is 2.30. The van der Waals surface area contributed by atoms with Crippen molar-refractivity contribution < 1.29 is 29.0 Å². The maximum absolute atomic E-state index is 13.1. The molecule has 2 heterocycles. The summed E-state index contributed by atoms with van der Waals surface area (Å²) in [6, 6.07) is 18.2. The van der Waals surface area contributed by atoms with Gasteiger partial charge in [-0.3, -0.25) is 9.36 Å². The van der Waals surface area contributed by atoms with Crippen molar-refractivity contribution in [3.05, 3.63) is 89.9 Å². The van der Waals surface area contributed by atoms with Gasteiger partial charge in [0.1, 0.15) is 0 Å². The maximum atomic E-state index is 13.1. The van der Waals surface area contributed by atoms with Crippen LogP contribution in [-0.2, 0) is 4.74 Å². The van der Waals surface area contributed by atoms with Gasteiger partial charge in [0.15, 0.2) is 11.5 Å². The number of hydrogen-bond acceptors (Lipinski definition) is 6. The topological polar surface area (TPSA) is 102 Å². The van der Waals surface area contributed by atoms with Crippen molar-refractivity contribution >= 4 is 11.8 Å². The Morgan fingerprint density at radius 1 is 0.968 bits per heavy atom. The summed E-state index contributed by atoms with van der Waals surface area (Å²) in [5, 5.41) is 21.5. The van der Waals surface area contributed by atoms with Crippen molar-refractivity contribution in [3.63, 3.8) is 0 Å². The zero-order valence-corrected chi connectivity index (χ0v) is 16.6. The van der Waals surface area contributed by atoms with Gasteiger partial charge in [-0.15, -0.1) is 0 Å². The van der Waals surface area contributed by atoms with Crippen LogP contribution in [0.3, 0.4) is 0 Å². The molecule has 0 bridgehead atoms. The minimum absolute atomic E-state index is 0.0299. The average molecular weight is 417 g/mol. The van der Waals surface area contributed by atoms with Gasteiger partial charge in [0.2, 0.25) is 11.7 Å². The van der Waals surface area contributed by atoms with Crippen molar-refractivity contribution in [1.82, 2.24) is 4.57 Å². The molecule has 2 aromatic heterocycles. The Hall–Kier alpha value is -4.26.